The van der Waals surface area contributed by atoms with Gasteiger partial charge in [0.2, 0.25) is 0 Å². The van der Waals surface area contributed by atoms with Crippen molar-refractivity contribution in [1.82, 2.24) is 9.55 Å². The first-order chi connectivity index (χ1) is 10.9. The molecule has 1 aromatic carbocycles. The van der Waals surface area contributed by atoms with Crippen molar-refractivity contribution < 1.29 is 19.0 Å². The van der Waals surface area contributed by atoms with Crippen molar-refractivity contribution in [2.45, 2.75) is 19.9 Å². The van der Waals surface area contributed by atoms with Crippen LogP contribution in [-0.2, 0) is 16.1 Å². The van der Waals surface area contributed by atoms with Gasteiger partial charge in [0, 0.05) is 18.0 Å². The van der Waals surface area contributed by atoms with Crippen LogP contribution in [-0.4, -0.2) is 36.8 Å². The number of nitrogens with zero attached hydrogens (tertiary/aromatic N) is 2. The van der Waals surface area contributed by atoms with Crippen molar-refractivity contribution in [2.75, 3.05) is 27.1 Å². The number of hydrogen-bond donors (Lipinski definition) is 1. The zero-order chi connectivity index (χ0) is 17.1. The zero-order valence-electron chi connectivity index (χ0n) is 13.5. The summed E-state index contributed by atoms with van der Waals surface area (Å²) in [4.78, 5) is 27.5. The Morgan fingerprint density at radius 3 is 2.57 bits per heavy atom. The van der Waals surface area contributed by atoms with Gasteiger partial charge in [-0.25, -0.2) is 4.79 Å². The van der Waals surface area contributed by atoms with Gasteiger partial charge in [-0.1, -0.05) is 0 Å². The molecule has 23 heavy (non-hydrogen) atoms. The summed E-state index contributed by atoms with van der Waals surface area (Å²) in [6.45, 7) is 1.82. The first kappa shape index (κ1) is 16.6. The van der Waals surface area contributed by atoms with Crippen LogP contribution in [0.2, 0.25) is 0 Å². The van der Waals surface area contributed by atoms with Crippen LogP contribution < -0.4 is 20.9 Å². The SMILES string of the molecule is COC(=O)CCn1c(=O)nc(C)c2c(N)c(OC)c(OC)cc21. The predicted octanol–water partition coefficient (Wildman–Crippen LogP) is 0.867. The van der Waals surface area contributed by atoms with Gasteiger partial charge in [0.15, 0.2) is 11.5 Å². The fraction of sp³-hybridized carbons (Fsp3) is 0.400. The standard InChI is InChI=1S/C15H19N3O5/c1-8-12-9(7-10(21-2)14(23-4)13(12)16)18(15(20)17-8)6-5-11(19)22-3/h7H,5-6,16H2,1-4H3. The van der Waals surface area contributed by atoms with Gasteiger partial charge in [0.05, 0.1) is 44.6 Å². The average Bonchev–Trinajstić information content (AvgIpc) is 2.53. The monoisotopic (exact) mass is 321 g/mol. The second kappa shape index (κ2) is 6.55. The number of carbonyl (C=O) groups is 1. The number of aryl methyl sites for hydroxylation is 2. The summed E-state index contributed by atoms with van der Waals surface area (Å²) in [5, 5.41) is 0.590. The molecule has 0 saturated heterocycles. The normalized spacial score (nSPS) is 10.6. The third-order valence-electron chi connectivity index (χ3n) is 3.60. The number of hydrogen-bond acceptors (Lipinski definition) is 7. The zero-order valence-corrected chi connectivity index (χ0v) is 13.5. The van der Waals surface area contributed by atoms with Crippen molar-refractivity contribution >= 4 is 22.6 Å². The molecule has 1 aromatic heterocycles. The molecule has 0 unspecified atom stereocenters. The Hall–Kier alpha value is -2.77. The van der Waals surface area contributed by atoms with E-state index in [-0.39, 0.29) is 13.0 Å². The van der Waals surface area contributed by atoms with Crippen LogP contribution >= 0.6 is 0 Å². The molecule has 2 rings (SSSR count). The predicted molar refractivity (Wildman–Crippen MR) is 84.9 cm³/mol. The first-order valence-electron chi connectivity index (χ1n) is 6.93. The number of carbonyl (C=O) groups excluding carboxylic acids is 1. The Morgan fingerprint density at radius 2 is 2.00 bits per heavy atom. The van der Waals surface area contributed by atoms with Crippen LogP contribution in [0.3, 0.4) is 0 Å². The van der Waals surface area contributed by atoms with Crippen molar-refractivity contribution in [1.29, 1.82) is 0 Å². The molecule has 0 aliphatic heterocycles. The minimum atomic E-state index is -0.467. The van der Waals surface area contributed by atoms with Crippen LogP contribution in [0, 0.1) is 6.92 Å². The van der Waals surface area contributed by atoms with E-state index >= 15 is 0 Å². The molecule has 124 valence electrons. The van der Waals surface area contributed by atoms with Gasteiger partial charge in [0.1, 0.15) is 0 Å². The third-order valence-corrected chi connectivity index (χ3v) is 3.60. The van der Waals surface area contributed by atoms with Gasteiger partial charge in [0.25, 0.3) is 0 Å². The lowest BCUT2D eigenvalue weighted by Gasteiger charge is -2.17. The fourth-order valence-electron chi connectivity index (χ4n) is 2.49. The van der Waals surface area contributed by atoms with Crippen molar-refractivity contribution in [3.8, 4) is 11.5 Å². The number of methoxy groups -OCH3 is 3. The number of benzene rings is 1. The quantitative estimate of drug-likeness (QED) is 0.643. The summed E-state index contributed by atoms with van der Waals surface area (Å²) < 4.78 is 16.5. The minimum absolute atomic E-state index is 0.0461. The molecule has 0 amide bonds. The summed E-state index contributed by atoms with van der Waals surface area (Å²) in [5.41, 5.74) is 7.03. The molecule has 0 atom stereocenters. The highest BCUT2D eigenvalue weighted by Crippen LogP contribution is 2.39. The van der Waals surface area contributed by atoms with Gasteiger partial charge >= 0.3 is 11.7 Å². The molecular weight excluding hydrogens is 302 g/mol. The van der Waals surface area contributed by atoms with E-state index in [4.69, 9.17) is 15.2 Å². The molecule has 0 aliphatic carbocycles. The van der Waals surface area contributed by atoms with E-state index in [1.54, 1.807) is 13.0 Å². The lowest BCUT2D eigenvalue weighted by molar-refractivity contribution is -0.140. The van der Waals surface area contributed by atoms with Gasteiger partial charge in [-0.05, 0) is 6.92 Å². The van der Waals surface area contributed by atoms with E-state index in [2.05, 4.69) is 9.72 Å². The summed E-state index contributed by atoms with van der Waals surface area (Å²) >= 11 is 0. The van der Waals surface area contributed by atoms with Crippen LogP contribution in [0.25, 0.3) is 10.9 Å². The Morgan fingerprint density at radius 1 is 1.30 bits per heavy atom. The van der Waals surface area contributed by atoms with Crippen LogP contribution in [0.15, 0.2) is 10.9 Å². The number of nitrogen functional groups attached to an aromatic ring is 1. The van der Waals surface area contributed by atoms with Gasteiger partial charge in [-0.15, -0.1) is 0 Å². The molecule has 2 aromatic rings. The largest absolute Gasteiger partial charge is 0.493 e. The summed E-state index contributed by atoms with van der Waals surface area (Å²) in [7, 11) is 4.26. The average molecular weight is 321 g/mol. The second-order valence-corrected chi connectivity index (χ2v) is 4.88. The van der Waals surface area contributed by atoms with E-state index in [1.807, 2.05) is 0 Å². The Bertz CT molecular complexity index is 813. The molecule has 2 N–H and O–H groups in total. The number of anilines is 1. The molecule has 0 spiro atoms. The smallest absolute Gasteiger partial charge is 0.348 e. The molecule has 0 aliphatic rings. The lowest BCUT2D eigenvalue weighted by Crippen LogP contribution is -2.26. The fourth-order valence-corrected chi connectivity index (χ4v) is 2.49. The first-order valence-corrected chi connectivity index (χ1v) is 6.93. The van der Waals surface area contributed by atoms with E-state index in [9.17, 15) is 9.59 Å². The maximum atomic E-state index is 12.2. The van der Waals surface area contributed by atoms with Gasteiger partial charge in [-0.2, -0.15) is 4.98 Å². The number of fused-ring (bicyclic) bond motifs is 1. The molecule has 0 fully saturated rings. The van der Waals surface area contributed by atoms with E-state index < -0.39 is 11.7 Å². The van der Waals surface area contributed by atoms with Crippen LogP contribution in [0.4, 0.5) is 5.69 Å². The van der Waals surface area contributed by atoms with Crippen LogP contribution in [0.1, 0.15) is 12.1 Å². The van der Waals surface area contributed by atoms with Crippen molar-refractivity contribution in [3.63, 3.8) is 0 Å². The maximum absolute atomic E-state index is 12.2. The third kappa shape index (κ3) is 2.92. The Labute approximate surface area is 132 Å². The molecular formula is C15H19N3O5. The number of esters is 1. The summed E-state index contributed by atoms with van der Waals surface area (Å²) in [6, 6.07) is 1.65. The number of aromatic nitrogens is 2. The van der Waals surface area contributed by atoms with Crippen molar-refractivity contribution in [2.24, 2.45) is 0 Å². The number of nitrogens with two attached hydrogens (primary N) is 1. The summed E-state index contributed by atoms with van der Waals surface area (Å²) in [5.74, 6) is 0.358. The van der Waals surface area contributed by atoms with E-state index in [1.165, 1.54) is 25.9 Å². The van der Waals surface area contributed by atoms with E-state index in [0.717, 1.165) is 0 Å². The topological polar surface area (TPSA) is 106 Å². The highest BCUT2D eigenvalue weighted by atomic mass is 16.5. The maximum Gasteiger partial charge on any atom is 0.348 e. The Balaban J connectivity index is 2.75. The lowest BCUT2D eigenvalue weighted by atomic mass is 10.1. The molecule has 0 radical (unpaired) electrons. The van der Waals surface area contributed by atoms with Gasteiger partial charge < -0.3 is 19.9 Å². The summed E-state index contributed by atoms with van der Waals surface area (Å²) in [6.07, 6.45) is 0.0461. The molecule has 1 heterocycles. The molecule has 0 saturated carbocycles. The Kier molecular flexibility index (Phi) is 4.73. The second-order valence-electron chi connectivity index (χ2n) is 4.88. The van der Waals surface area contributed by atoms with E-state index in [0.29, 0.717) is 33.8 Å². The molecule has 8 heteroatoms. The van der Waals surface area contributed by atoms with Crippen molar-refractivity contribution in [3.05, 3.63) is 22.2 Å². The highest BCUT2D eigenvalue weighted by molar-refractivity contribution is 5.97. The molecule has 0 bridgehead atoms. The van der Waals surface area contributed by atoms with Crippen LogP contribution in [0.5, 0.6) is 11.5 Å². The molecule has 8 nitrogen and oxygen atoms in total. The van der Waals surface area contributed by atoms with Gasteiger partial charge in [-0.3, -0.25) is 9.36 Å². The number of rotatable bonds is 5. The minimum Gasteiger partial charge on any atom is -0.493 e. The number of ether oxygens (including phenoxy) is 3. The highest BCUT2D eigenvalue weighted by Gasteiger charge is 2.18.